The van der Waals surface area contributed by atoms with E-state index in [2.05, 4.69) is 4.99 Å². The molecule has 0 N–H and O–H groups in total. The van der Waals surface area contributed by atoms with Crippen molar-refractivity contribution in [2.24, 2.45) is 4.99 Å². The average Bonchev–Trinajstić information content (AvgIpc) is 2.63. The van der Waals surface area contributed by atoms with Crippen LogP contribution in [0.3, 0.4) is 0 Å². The van der Waals surface area contributed by atoms with Crippen LogP contribution in [0, 0.1) is 0 Å². The van der Waals surface area contributed by atoms with Gasteiger partial charge in [0.15, 0.2) is 0 Å². The third kappa shape index (κ3) is 4.01. The second kappa shape index (κ2) is 5.12. The highest BCUT2D eigenvalue weighted by Gasteiger charge is 2.26. The van der Waals surface area contributed by atoms with Gasteiger partial charge in [0, 0.05) is 12.6 Å². The van der Waals surface area contributed by atoms with E-state index in [0.29, 0.717) is 12.2 Å². The van der Waals surface area contributed by atoms with E-state index in [1.54, 1.807) is 27.7 Å². The lowest BCUT2D eigenvalue weighted by molar-refractivity contribution is -0.149. The molecule has 0 bridgehead atoms. The van der Waals surface area contributed by atoms with Gasteiger partial charge < -0.3 is 9.47 Å². The van der Waals surface area contributed by atoms with Crippen molar-refractivity contribution < 1.29 is 19.1 Å². The molecule has 0 spiro atoms. The van der Waals surface area contributed by atoms with Crippen molar-refractivity contribution in [3.05, 3.63) is 11.8 Å². The third-order valence-corrected chi connectivity index (χ3v) is 1.91. The number of hydrogen-bond donors (Lipinski definition) is 0. The van der Waals surface area contributed by atoms with Gasteiger partial charge in [-0.2, -0.15) is 0 Å². The van der Waals surface area contributed by atoms with Gasteiger partial charge in [-0.15, -0.1) is 0 Å². The van der Waals surface area contributed by atoms with Crippen molar-refractivity contribution in [1.29, 1.82) is 0 Å². The number of ether oxygens (including phenoxy) is 2. The number of carbonyl (C=O) groups is 2. The third-order valence-electron chi connectivity index (χ3n) is 1.91. The number of hydrogen-bond acceptors (Lipinski definition) is 5. The Labute approximate surface area is 101 Å². The van der Waals surface area contributed by atoms with E-state index in [1.807, 2.05) is 0 Å². The molecule has 0 aromatic rings. The Bertz CT molecular complexity index is 388. The maximum Gasteiger partial charge on any atom is 0.352 e. The van der Waals surface area contributed by atoms with Crippen molar-refractivity contribution in [3.8, 4) is 0 Å². The van der Waals surface area contributed by atoms with Crippen LogP contribution in [0.15, 0.2) is 16.8 Å². The lowest BCUT2D eigenvalue weighted by Crippen LogP contribution is -2.25. The zero-order valence-electron chi connectivity index (χ0n) is 10.6. The largest absolute Gasteiger partial charge is 0.461 e. The van der Waals surface area contributed by atoms with Crippen LogP contribution in [0.5, 0.6) is 0 Å². The van der Waals surface area contributed by atoms with Gasteiger partial charge in [-0.1, -0.05) is 0 Å². The van der Waals surface area contributed by atoms with Gasteiger partial charge in [-0.05, 0) is 27.7 Å². The normalized spacial score (nSPS) is 15.1. The first-order valence-corrected chi connectivity index (χ1v) is 5.49. The van der Waals surface area contributed by atoms with Gasteiger partial charge >= 0.3 is 11.9 Å². The first-order chi connectivity index (χ1) is 7.83. The first-order valence-electron chi connectivity index (χ1n) is 5.49. The second-order valence-corrected chi connectivity index (χ2v) is 4.63. The quantitative estimate of drug-likeness (QED) is 0.702. The lowest BCUT2D eigenvalue weighted by Gasteiger charge is -2.19. The average molecular weight is 239 g/mol. The summed E-state index contributed by atoms with van der Waals surface area (Å²) in [5.41, 5.74) is 0.0700. The van der Waals surface area contributed by atoms with Crippen molar-refractivity contribution in [2.45, 2.75) is 39.7 Å². The topological polar surface area (TPSA) is 65.0 Å². The van der Waals surface area contributed by atoms with Crippen molar-refractivity contribution in [2.75, 3.05) is 6.61 Å². The monoisotopic (exact) mass is 239 g/mol. The molecule has 0 amide bonds. The zero-order valence-corrected chi connectivity index (χ0v) is 10.6. The molecule has 0 aliphatic carbocycles. The molecule has 1 aliphatic heterocycles. The van der Waals surface area contributed by atoms with Crippen LogP contribution in [0.2, 0.25) is 0 Å². The molecule has 1 aliphatic rings. The van der Waals surface area contributed by atoms with Gasteiger partial charge in [0.1, 0.15) is 11.3 Å². The van der Waals surface area contributed by atoms with E-state index in [-0.39, 0.29) is 12.1 Å². The Morgan fingerprint density at radius 2 is 2.00 bits per heavy atom. The standard InChI is InChI=1S/C12H17NO4/c1-5-16-11(15)9-6-8(7-13-9)10(14)17-12(2,3)4/h7H,5-6H2,1-4H3. The van der Waals surface area contributed by atoms with Crippen LogP contribution in [-0.4, -0.2) is 29.9 Å². The molecule has 1 heterocycles. The molecule has 0 aromatic carbocycles. The Morgan fingerprint density at radius 1 is 1.35 bits per heavy atom. The molecule has 5 heteroatoms. The number of esters is 2. The minimum Gasteiger partial charge on any atom is -0.461 e. The fourth-order valence-electron chi connectivity index (χ4n) is 1.24. The molecule has 0 atom stereocenters. The summed E-state index contributed by atoms with van der Waals surface area (Å²) in [5.74, 6) is -0.928. The van der Waals surface area contributed by atoms with E-state index in [4.69, 9.17) is 9.47 Å². The highest BCUT2D eigenvalue weighted by Crippen LogP contribution is 2.18. The van der Waals surface area contributed by atoms with Crippen LogP contribution in [-0.2, 0) is 19.1 Å². The van der Waals surface area contributed by atoms with E-state index < -0.39 is 17.5 Å². The highest BCUT2D eigenvalue weighted by atomic mass is 16.6. The molecule has 0 fully saturated rings. The smallest absolute Gasteiger partial charge is 0.352 e. The van der Waals surface area contributed by atoms with Crippen LogP contribution < -0.4 is 0 Å². The summed E-state index contributed by atoms with van der Waals surface area (Å²) >= 11 is 0. The molecule has 0 unspecified atom stereocenters. The van der Waals surface area contributed by atoms with E-state index in [0.717, 1.165) is 0 Å². The molecular formula is C12H17NO4. The molecule has 1 rings (SSSR count). The van der Waals surface area contributed by atoms with E-state index in [1.165, 1.54) is 6.20 Å². The van der Waals surface area contributed by atoms with Crippen LogP contribution >= 0.6 is 0 Å². The molecule has 0 aromatic heterocycles. The minimum atomic E-state index is -0.551. The highest BCUT2D eigenvalue weighted by molar-refractivity contribution is 6.38. The summed E-state index contributed by atoms with van der Waals surface area (Å²) in [4.78, 5) is 26.9. The van der Waals surface area contributed by atoms with Gasteiger partial charge in [-0.25, -0.2) is 9.59 Å². The summed E-state index contributed by atoms with van der Waals surface area (Å²) in [7, 11) is 0. The van der Waals surface area contributed by atoms with Crippen LogP contribution in [0.1, 0.15) is 34.1 Å². The number of rotatable bonds is 3. The van der Waals surface area contributed by atoms with E-state index in [9.17, 15) is 9.59 Å². The van der Waals surface area contributed by atoms with Crippen molar-refractivity contribution >= 4 is 17.7 Å². The molecule has 94 valence electrons. The number of carbonyl (C=O) groups excluding carboxylic acids is 2. The summed E-state index contributed by atoms with van der Waals surface area (Å²) in [6.07, 6.45) is 1.54. The van der Waals surface area contributed by atoms with Gasteiger partial charge in [0.2, 0.25) is 0 Å². The molecule has 5 nitrogen and oxygen atoms in total. The SMILES string of the molecule is CCOC(=O)C1=NC=C(C(=O)OC(C)(C)C)C1. The molecular weight excluding hydrogens is 222 g/mol. The maximum absolute atomic E-state index is 11.7. The Balaban J connectivity index is 2.53. The predicted molar refractivity (Wildman–Crippen MR) is 62.6 cm³/mol. The first kappa shape index (κ1) is 13.4. The summed E-state index contributed by atoms with van der Waals surface area (Å²) in [5, 5.41) is 0. The fourth-order valence-corrected chi connectivity index (χ4v) is 1.24. The predicted octanol–water partition coefficient (Wildman–Crippen LogP) is 1.62. The Kier molecular flexibility index (Phi) is 4.04. The maximum atomic E-state index is 11.7. The molecule has 0 saturated heterocycles. The summed E-state index contributed by atoms with van der Waals surface area (Å²) in [6.45, 7) is 7.36. The Morgan fingerprint density at radius 3 is 2.53 bits per heavy atom. The molecule has 0 radical (unpaired) electrons. The van der Waals surface area contributed by atoms with Crippen molar-refractivity contribution in [3.63, 3.8) is 0 Å². The number of nitrogens with zero attached hydrogens (tertiary/aromatic N) is 1. The van der Waals surface area contributed by atoms with Crippen molar-refractivity contribution in [1.82, 2.24) is 0 Å². The zero-order chi connectivity index (χ0) is 13.1. The Hall–Kier alpha value is -1.65. The van der Waals surface area contributed by atoms with Gasteiger partial charge in [0.05, 0.1) is 12.2 Å². The molecule has 0 saturated carbocycles. The number of aliphatic imine (C=N–C) groups is 1. The summed E-state index contributed by atoms with van der Waals surface area (Å²) < 4.78 is 9.98. The van der Waals surface area contributed by atoms with Gasteiger partial charge in [0.25, 0.3) is 0 Å². The minimum absolute atomic E-state index is 0.174. The summed E-state index contributed by atoms with van der Waals surface area (Å²) in [6, 6.07) is 0. The second-order valence-electron chi connectivity index (χ2n) is 4.63. The fraction of sp³-hybridized carbons (Fsp3) is 0.583. The van der Waals surface area contributed by atoms with Gasteiger partial charge in [-0.3, -0.25) is 4.99 Å². The molecule has 17 heavy (non-hydrogen) atoms. The van der Waals surface area contributed by atoms with E-state index >= 15 is 0 Å². The van der Waals surface area contributed by atoms with Crippen LogP contribution in [0.4, 0.5) is 0 Å². The lowest BCUT2D eigenvalue weighted by atomic mass is 10.1. The van der Waals surface area contributed by atoms with Crippen LogP contribution in [0.25, 0.3) is 0 Å².